The first-order chi connectivity index (χ1) is 13.1. The molecule has 0 saturated heterocycles. The largest absolute Gasteiger partial charge is 0.456 e. The molecule has 3 rings (SSSR count). The fraction of sp³-hybridized carbons (Fsp3) is 0.190. The van der Waals surface area contributed by atoms with Crippen LogP contribution in [0.5, 0.6) is 0 Å². The lowest BCUT2D eigenvalue weighted by Crippen LogP contribution is -2.28. The summed E-state index contributed by atoms with van der Waals surface area (Å²) < 4.78 is 5.38. The van der Waals surface area contributed by atoms with Crippen molar-refractivity contribution in [2.75, 3.05) is 11.9 Å². The molecule has 138 valence electrons. The van der Waals surface area contributed by atoms with E-state index < -0.39 is 5.97 Å². The maximum Gasteiger partial charge on any atom is 0.339 e. The highest BCUT2D eigenvalue weighted by atomic mass is 32.1. The molecular formula is C21H20N2O3S. The average molecular weight is 380 g/mol. The molecule has 1 amide bonds. The second kappa shape index (κ2) is 8.60. The van der Waals surface area contributed by atoms with E-state index in [0.717, 1.165) is 22.8 Å². The molecule has 0 fully saturated rings. The molecule has 5 nitrogen and oxygen atoms in total. The van der Waals surface area contributed by atoms with Crippen molar-refractivity contribution in [2.24, 2.45) is 0 Å². The van der Waals surface area contributed by atoms with Crippen LogP contribution >= 0.6 is 11.3 Å². The molecule has 0 bridgehead atoms. The van der Waals surface area contributed by atoms with Crippen LogP contribution in [0.15, 0.2) is 60.0 Å². The summed E-state index contributed by atoms with van der Waals surface area (Å²) >= 11 is 1.54. The average Bonchev–Trinajstić information content (AvgIpc) is 3.19. The number of esters is 1. The minimum atomic E-state index is -0.536. The molecule has 0 unspecified atom stereocenters. The number of carbonyl (C=O) groups is 2. The van der Waals surface area contributed by atoms with Crippen LogP contribution in [0.3, 0.4) is 0 Å². The van der Waals surface area contributed by atoms with Gasteiger partial charge in [-0.1, -0.05) is 37.3 Å². The van der Waals surface area contributed by atoms with E-state index in [0.29, 0.717) is 5.56 Å². The number of para-hydroxylation sites is 1. The Hall–Kier alpha value is -2.99. The summed E-state index contributed by atoms with van der Waals surface area (Å²) in [6, 6.07) is 16.0. The summed E-state index contributed by atoms with van der Waals surface area (Å²) in [7, 11) is 1.68. The number of hydrogen-bond donors (Lipinski definition) is 0. The lowest BCUT2D eigenvalue weighted by atomic mass is 10.1. The standard InChI is InChI=1S/C21H20N2O3S/c1-3-19-22-15(14-27-19)13-26-21(25)18-12-8-7-11-17(18)20(24)23(2)16-9-5-4-6-10-16/h4-12,14H,3,13H2,1-2H3. The SMILES string of the molecule is CCc1nc(COC(=O)c2ccccc2C(=O)N(C)c2ccccc2)cs1. The van der Waals surface area contributed by atoms with Crippen molar-refractivity contribution >= 4 is 28.9 Å². The molecule has 0 spiro atoms. The molecule has 2 aromatic carbocycles. The predicted molar refractivity (Wildman–Crippen MR) is 106 cm³/mol. The van der Waals surface area contributed by atoms with E-state index in [1.54, 1.807) is 42.6 Å². The van der Waals surface area contributed by atoms with Crippen LogP contribution in [0.25, 0.3) is 0 Å². The molecule has 27 heavy (non-hydrogen) atoms. The Bertz CT molecular complexity index is 937. The number of nitrogens with zero attached hydrogens (tertiary/aromatic N) is 2. The number of benzene rings is 2. The van der Waals surface area contributed by atoms with Crippen molar-refractivity contribution in [3.8, 4) is 0 Å². The zero-order chi connectivity index (χ0) is 19.2. The number of thiazole rings is 1. The van der Waals surface area contributed by atoms with E-state index in [9.17, 15) is 9.59 Å². The number of aromatic nitrogens is 1. The molecule has 0 aliphatic rings. The summed E-state index contributed by atoms with van der Waals surface area (Å²) in [6.07, 6.45) is 0.849. The van der Waals surface area contributed by atoms with Crippen LogP contribution in [0.4, 0.5) is 5.69 Å². The van der Waals surface area contributed by atoms with Gasteiger partial charge in [0.25, 0.3) is 5.91 Å². The minimum Gasteiger partial charge on any atom is -0.456 e. The second-order valence-corrected chi connectivity index (χ2v) is 6.85. The van der Waals surface area contributed by atoms with E-state index in [1.165, 1.54) is 4.90 Å². The number of carbonyl (C=O) groups excluding carboxylic acids is 2. The third-order valence-corrected chi connectivity index (χ3v) is 5.12. The quantitative estimate of drug-likeness (QED) is 0.597. The van der Waals surface area contributed by atoms with Gasteiger partial charge in [0.1, 0.15) is 6.61 Å². The van der Waals surface area contributed by atoms with Gasteiger partial charge in [0.15, 0.2) is 0 Å². The smallest absolute Gasteiger partial charge is 0.339 e. The third kappa shape index (κ3) is 4.41. The Kier molecular flexibility index (Phi) is 5.98. The topological polar surface area (TPSA) is 59.5 Å². The van der Waals surface area contributed by atoms with Crippen molar-refractivity contribution in [3.05, 3.63) is 81.8 Å². The lowest BCUT2D eigenvalue weighted by molar-refractivity contribution is 0.0465. The first kappa shape index (κ1) is 18.8. The maximum absolute atomic E-state index is 12.9. The zero-order valence-electron chi connectivity index (χ0n) is 15.2. The zero-order valence-corrected chi connectivity index (χ0v) is 16.0. The normalized spacial score (nSPS) is 10.4. The summed E-state index contributed by atoms with van der Waals surface area (Å²) in [4.78, 5) is 31.4. The minimum absolute atomic E-state index is 0.0897. The van der Waals surface area contributed by atoms with Crippen LogP contribution in [0.1, 0.15) is 38.3 Å². The molecule has 0 aliphatic carbocycles. The lowest BCUT2D eigenvalue weighted by Gasteiger charge is -2.18. The number of aryl methyl sites for hydroxylation is 1. The van der Waals surface area contributed by atoms with Gasteiger partial charge in [-0.25, -0.2) is 9.78 Å². The molecule has 1 aromatic heterocycles. The van der Waals surface area contributed by atoms with Gasteiger partial charge in [0, 0.05) is 18.1 Å². The van der Waals surface area contributed by atoms with E-state index in [1.807, 2.05) is 42.6 Å². The number of anilines is 1. The molecular weight excluding hydrogens is 360 g/mol. The van der Waals surface area contributed by atoms with Crippen molar-refractivity contribution in [1.29, 1.82) is 0 Å². The van der Waals surface area contributed by atoms with Gasteiger partial charge >= 0.3 is 5.97 Å². The first-order valence-electron chi connectivity index (χ1n) is 8.62. The fourth-order valence-electron chi connectivity index (χ4n) is 2.59. The number of amides is 1. The van der Waals surface area contributed by atoms with Gasteiger partial charge < -0.3 is 9.64 Å². The molecule has 0 saturated carbocycles. The number of ether oxygens (including phenoxy) is 1. The summed E-state index contributed by atoms with van der Waals surface area (Å²) in [5, 5.41) is 2.88. The molecule has 0 aliphatic heterocycles. The highest BCUT2D eigenvalue weighted by molar-refractivity contribution is 7.09. The highest BCUT2D eigenvalue weighted by Crippen LogP contribution is 2.19. The Labute approximate surface area is 162 Å². The van der Waals surface area contributed by atoms with Crippen LogP contribution in [-0.4, -0.2) is 23.9 Å². The van der Waals surface area contributed by atoms with E-state index in [4.69, 9.17) is 4.74 Å². The molecule has 3 aromatic rings. The van der Waals surface area contributed by atoms with Gasteiger partial charge in [-0.3, -0.25) is 4.79 Å². The van der Waals surface area contributed by atoms with Crippen molar-refractivity contribution in [2.45, 2.75) is 20.0 Å². The predicted octanol–water partition coefficient (Wildman–Crippen LogP) is 4.34. The van der Waals surface area contributed by atoms with Crippen molar-refractivity contribution in [1.82, 2.24) is 4.98 Å². The van der Waals surface area contributed by atoms with Crippen molar-refractivity contribution < 1.29 is 14.3 Å². The summed E-state index contributed by atoms with van der Waals surface area (Å²) in [5.41, 5.74) is 2.02. The van der Waals surface area contributed by atoms with Crippen molar-refractivity contribution in [3.63, 3.8) is 0 Å². The Morgan fingerprint density at radius 2 is 1.70 bits per heavy atom. The van der Waals surface area contributed by atoms with Gasteiger partial charge in [-0.05, 0) is 30.7 Å². The van der Waals surface area contributed by atoms with Gasteiger partial charge in [0.05, 0.1) is 21.8 Å². The molecule has 6 heteroatoms. The monoisotopic (exact) mass is 380 g/mol. The van der Waals surface area contributed by atoms with E-state index in [-0.39, 0.29) is 18.1 Å². The number of hydrogen-bond acceptors (Lipinski definition) is 5. The van der Waals surface area contributed by atoms with Crippen LogP contribution in [-0.2, 0) is 17.8 Å². The van der Waals surface area contributed by atoms with E-state index in [2.05, 4.69) is 4.98 Å². The third-order valence-electron chi connectivity index (χ3n) is 4.08. The molecule has 0 N–H and O–H groups in total. The Morgan fingerprint density at radius 3 is 2.37 bits per heavy atom. The Balaban J connectivity index is 1.76. The van der Waals surface area contributed by atoms with Crippen LogP contribution in [0, 0.1) is 0 Å². The first-order valence-corrected chi connectivity index (χ1v) is 9.50. The highest BCUT2D eigenvalue weighted by Gasteiger charge is 2.21. The summed E-state index contributed by atoms with van der Waals surface area (Å²) in [5.74, 6) is -0.804. The van der Waals surface area contributed by atoms with Crippen LogP contribution < -0.4 is 4.90 Å². The Morgan fingerprint density at radius 1 is 1.04 bits per heavy atom. The van der Waals surface area contributed by atoms with Gasteiger partial charge in [-0.2, -0.15) is 0 Å². The molecule has 1 heterocycles. The number of rotatable bonds is 6. The fourth-order valence-corrected chi connectivity index (χ4v) is 3.32. The van der Waals surface area contributed by atoms with Gasteiger partial charge in [-0.15, -0.1) is 11.3 Å². The maximum atomic E-state index is 12.9. The summed E-state index contributed by atoms with van der Waals surface area (Å²) in [6.45, 7) is 2.12. The second-order valence-electron chi connectivity index (χ2n) is 5.91. The molecule has 0 atom stereocenters. The molecule has 0 radical (unpaired) electrons. The van der Waals surface area contributed by atoms with Crippen LogP contribution in [0.2, 0.25) is 0 Å². The van der Waals surface area contributed by atoms with E-state index >= 15 is 0 Å². The van der Waals surface area contributed by atoms with Gasteiger partial charge in [0.2, 0.25) is 0 Å².